The predicted molar refractivity (Wildman–Crippen MR) is 105 cm³/mol. The topological polar surface area (TPSA) is 77.1 Å². The minimum atomic E-state index is -3.49. The number of hydrogen-bond donors (Lipinski definition) is 1. The zero-order valence-electron chi connectivity index (χ0n) is 15.3. The van der Waals surface area contributed by atoms with Gasteiger partial charge in [-0.2, -0.15) is 0 Å². The fraction of sp³-hybridized carbons (Fsp3) is 0.368. The molecular weight excluding hydrogens is 368 g/mol. The van der Waals surface area contributed by atoms with E-state index in [1.807, 2.05) is 12.1 Å². The zero-order valence-corrected chi connectivity index (χ0v) is 16.1. The van der Waals surface area contributed by atoms with E-state index in [1.54, 1.807) is 43.5 Å². The fourth-order valence-corrected chi connectivity index (χ4v) is 3.63. The molecule has 1 heterocycles. The van der Waals surface area contributed by atoms with Gasteiger partial charge in [0.15, 0.2) is 0 Å². The van der Waals surface area contributed by atoms with Crippen molar-refractivity contribution >= 4 is 21.4 Å². The van der Waals surface area contributed by atoms with Crippen molar-refractivity contribution in [3.8, 4) is 11.5 Å². The number of anilines is 2. The third kappa shape index (κ3) is 5.77. The number of sulfonamides is 1. The first-order valence-electron chi connectivity index (χ1n) is 8.76. The van der Waals surface area contributed by atoms with Crippen LogP contribution in [0.1, 0.15) is 0 Å². The standard InChI is InChI=1S/C19H24N2O5S/c1-24-18-6-8-19(9-7-18)26-14-15-27(22,23)20-16-2-4-17(5-3-16)21-10-12-25-13-11-21/h2-9,20H,10-15H2,1H3. The van der Waals surface area contributed by atoms with Crippen LogP contribution in [-0.4, -0.2) is 54.2 Å². The number of morpholine rings is 1. The summed E-state index contributed by atoms with van der Waals surface area (Å²) in [6, 6.07) is 14.4. The molecule has 8 heteroatoms. The molecule has 0 amide bonds. The molecule has 1 aliphatic rings. The molecule has 0 radical (unpaired) electrons. The van der Waals surface area contributed by atoms with Gasteiger partial charge in [-0.15, -0.1) is 0 Å². The number of benzene rings is 2. The number of ether oxygens (including phenoxy) is 3. The molecule has 146 valence electrons. The second-order valence-electron chi connectivity index (χ2n) is 6.09. The van der Waals surface area contributed by atoms with Gasteiger partial charge in [-0.05, 0) is 48.5 Å². The Kier molecular flexibility index (Phi) is 6.41. The van der Waals surface area contributed by atoms with Crippen LogP contribution in [0.25, 0.3) is 0 Å². The summed E-state index contributed by atoms with van der Waals surface area (Å²) in [5.41, 5.74) is 1.60. The third-order valence-corrected chi connectivity index (χ3v) is 5.45. The summed E-state index contributed by atoms with van der Waals surface area (Å²) in [6.45, 7) is 3.17. The first kappa shape index (κ1) is 19.3. The lowest BCUT2D eigenvalue weighted by atomic mass is 10.2. The summed E-state index contributed by atoms with van der Waals surface area (Å²) < 4.78 is 43.0. The van der Waals surface area contributed by atoms with Gasteiger partial charge in [0.1, 0.15) is 23.9 Å². The highest BCUT2D eigenvalue weighted by Crippen LogP contribution is 2.20. The van der Waals surface area contributed by atoms with Crippen LogP contribution in [-0.2, 0) is 14.8 Å². The normalized spacial score (nSPS) is 14.6. The van der Waals surface area contributed by atoms with E-state index in [1.165, 1.54) is 0 Å². The molecule has 1 saturated heterocycles. The Morgan fingerprint density at radius 3 is 2.26 bits per heavy atom. The van der Waals surface area contributed by atoms with Gasteiger partial charge in [0.25, 0.3) is 0 Å². The van der Waals surface area contributed by atoms with E-state index in [0.29, 0.717) is 24.7 Å². The van der Waals surface area contributed by atoms with Gasteiger partial charge < -0.3 is 19.1 Å². The Balaban J connectivity index is 1.49. The van der Waals surface area contributed by atoms with Crippen molar-refractivity contribution < 1.29 is 22.6 Å². The Bertz CT molecular complexity index is 816. The number of nitrogens with zero attached hydrogens (tertiary/aromatic N) is 1. The molecule has 0 saturated carbocycles. The minimum Gasteiger partial charge on any atom is -0.497 e. The van der Waals surface area contributed by atoms with E-state index in [0.717, 1.165) is 24.5 Å². The van der Waals surface area contributed by atoms with Crippen LogP contribution in [0, 0.1) is 0 Å². The van der Waals surface area contributed by atoms with Crippen LogP contribution in [0.15, 0.2) is 48.5 Å². The van der Waals surface area contributed by atoms with Crippen molar-refractivity contribution in [2.75, 3.05) is 55.4 Å². The molecule has 27 heavy (non-hydrogen) atoms. The molecule has 3 rings (SSSR count). The number of nitrogens with one attached hydrogen (secondary N) is 1. The maximum absolute atomic E-state index is 12.2. The van der Waals surface area contributed by atoms with E-state index in [-0.39, 0.29) is 12.4 Å². The van der Waals surface area contributed by atoms with Crippen molar-refractivity contribution in [3.63, 3.8) is 0 Å². The van der Waals surface area contributed by atoms with Gasteiger partial charge in [-0.25, -0.2) is 8.42 Å². The lowest BCUT2D eigenvalue weighted by Crippen LogP contribution is -2.36. The predicted octanol–water partition coefficient (Wildman–Crippen LogP) is 2.35. The highest BCUT2D eigenvalue weighted by molar-refractivity contribution is 7.92. The van der Waals surface area contributed by atoms with Gasteiger partial charge in [-0.1, -0.05) is 0 Å². The summed E-state index contributed by atoms with van der Waals surface area (Å²) in [5, 5.41) is 0. The molecule has 2 aromatic carbocycles. The molecule has 0 spiro atoms. The van der Waals surface area contributed by atoms with E-state index >= 15 is 0 Å². The molecule has 0 unspecified atom stereocenters. The smallest absolute Gasteiger partial charge is 0.236 e. The Hall–Kier alpha value is -2.45. The number of hydrogen-bond acceptors (Lipinski definition) is 6. The molecule has 2 aromatic rings. The molecule has 7 nitrogen and oxygen atoms in total. The van der Waals surface area contributed by atoms with Crippen LogP contribution >= 0.6 is 0 Å². The van der Waals surface area contributed by atoms with Gasteiger partial charge in [0, 0.05) is 24.5 Å². The van der Waals surface area contributed by atoms with Gasteiger partial charge in [-0.3, -0.25) is 4.72 Å². The van der Waals surface area contributed by atoms with Gasteiger partial charge in [0.05, 0.1) is 20.3 Å². The SMILES string of the molecule is COc1ccc(OCCS(=O)(=O)Nc2ccc(N3CCOCC3)cc2)cc1. The molecule has 1 N–H and O–H groups in total. The van der Waals surface area contributed by atoms with Crippen molar-refractivity contribution in [1.29, 1.82) is 0 Å². The van der Waals surface area contributed by atoms with Crippen LogP contribution in [0.4, 0.5) is 11.4 Å². The summed E-state index contributed by atoms with van der Waals surface area (Å²) in [7, 11) is -1.90. The van der Waals surface area contributed by atoms with Crippen LogP contribution < -0.4 is 19.1 Å². The van der Waals surface area contributed by atoms with Crippen molar-refractivity contribution in [1.82, 2.24) is 0 Å². The van der Waals surface area contributed by atoms with Crippen molar-refractivity contribution in [2.45, 2.75) is 0 Å². The van der Waals surface area contributed by atoms with E-state index in [4.69, 9.17) is 14.2 Å². The van der Waals surface area contributed by atoms with E-state index in [9.17, 15) is 8.42 Å². The maximum Gasteiger partial charge on any atom is 0.236 e. The average Bonchev–Trinajstić information content (AvgIpc) is 2.69. The summed E-state index contributed by atoms with van der Waals surface area (Å²) in [4.78, 5) is 2.21. The van der Waals surface area contributed by atoms with Crippen LogP contribution in [0.2, 0.25) is 0 Å². The molecule has 0 bridgehead atoms. The molecule has 0 atom stereocenters. The summed E-state index contributed by atoms with van der Waals surface area (Å²) in [5.74, 6) is 1.18. The van der Waals surface area contributed by atoms with Gasteiger partial charge in [0.2, 0.25) is 10.0 Å². The molecule has 0 aliphatic carbocycles. The Labute approximate surface area is 159 Å². The summed E-state index contributed by atoms with van der Waals surface area (Å²) in [6.07, 6.45) is 0. The molecular formula is C19H24N2O5S. The Morgan fingerprint density at radius 1 is 1.00 bits per heavy atom. The Morgan fingerprint density at radius 2 is 1.63 bits per heavy atom. The average molecular weight is 392 g/mol. The van der Waals surface area contributed by atoms with E-state index in [2.05, 4.69) is 9.62 Å². The minimum absolute atomic E-state index is 0.0630. The largest absolute Gasteiger partial charge is 0.497 e. The first-order chi connectivity index (χ1) is 13.1. The van der Waals surface area contributed by atoms with Crippen LogP contribution in [0.5, 0.6) is 11.5 Å². The maximum atomic E-state index is 12.2. The second kappa shape index (κ2) is 8.96. The highest BCUT2D eigenvalue weighted by atomic mass is 32.2. The molecule has 0 aromatic heterocycles. The monoisotopic (exact) mass is 392 g/mol. The molecule has 1 fully saturated rings. The molecule has 1 aliphatic heterocycles. The summed E-state index contributed by atoms with van der Waals surface area (Å²) >= 11 is 0. The van der Waals surface area contributed by atoms with Crippen molar-refractivity contribution in [3.05, 3.63) is 48.5 Å². The third-order valence-electron chi connectivity index (χ3n) is 4.20. The van der Waals surface area contributed by atoms with Gasteiger partial charge >= 0.3 is 0 Å². The lowest BCUT2D eigenvalue weighted by Gasteiger charge is -2.28. The number of methoxy groups -OCH3 is 1. The first-order valence-corrected chi connectivity index (χ1v) is 10.4. The lowest BCUT2D eigenvalue weighted by molar-refractivity contribution is 0.122. The zero-order chi connectivity index (χ0) is 19.1. The number of rotatable bonds is 8. The highest BCUT2D eigenvalue weighted by Gasteiger charge is 2.13. The quantitative estimate of drug-likeness (QED) is 0.743. The second-order valence-corrected chi connectivity index (χ2v) is 7.93. The van der Waals surface area contributed by atoms with Crippen LogP contribution in [0.3, 0.4) is 0 Å². The fourth-order valence-electron chi connectivity index (χ4n) is 2.73. The van der Waals surface area contributed by atoms with E-state index < -0.39 is 10.0 Å². The van der Waals surface area contributed by atoms with Crippen molar-refractivity contribution in [2.24, 2.45) is 0 Å².